The minimum absolute atomic E-state index is 0.215. The first-order valence-corrected chi connectivity index (χ1v) is 9.23. The van der Waals surface area contributed by atoms with Gasteiger partial charge < -0.3 is 4.42 Å². The summed E-state index contributed by atoms with van der Waals surface area (Å²) in [5.41, 5.74) is 4.47. The monoisotopic (exact) mass is 355 g/mol. The molecule has 0 unspecified atom stereocenters. The zero-order chi connectivity index (χ0) is 18.8. The van der Waals surface area contributed by atoms with E-state index in [0.29, 0.717) is 17.4 Å². The third-order valence-electron chi connectivity index (χ3n) is 5.57. The number of allylic oxidation sites excluding steroid dienone is 1. The van der Waals surface area contributed by atoms with Gasteiger partial charge in [0.15, 0.2) is 6.39 Å². The van der Waals surface area contributed by atoms with Crippen molar-refractivity contribution in [3.05, 3.63) is 77.8 Å². The van der Waals surface area contributed by atoms with Gasteiger partial charge >= 0.3 is 0 Å². The molecule has 1 aliphatic rings. The van der Waals surface area contributed by atoms with Gasteiger partial charge in [-0.1, -0.05) is 44.2 Å². The molecule has 1 aromatic carbocycles. The van der Waals surface area contributed by atoms with Crippen LogP contribution < -0.4 is 0 Å². The second kappa shape index (κ2) is 7.20. The Bertz CT molecular complexity index is 1010. The number of hydrogen-bond acceptors (Lipinski definition) is 4. The Morgan fingerprint density at radius 2 is 2.00 bits per heavy atom. The maximum absolute atomic E-state index is 9.28. The van der Waals surface area contributed by atoms with Crippen LogP contribution in [0, 0.1) is 23.2 Å². The maximum Gasteiger partial charge on any atom is 0.181 e. The zero-order valence-electron chi connectivity index (χ0n) is 15.5. The molecule has 0 radical (unpaired) electrons. The average molecular weight is 355 g/mol. The van der Waals surface area contributed by atoms with Gasteiger partial charge in [0, 0.05) is 23.2 Å². The van der Waals surface area contributed by atoms with E-state index in [0.717, 1.165) is 34.7 Å². The molecule has 3 aromatic rings. The van der Waals surface area contributed by atoms with E-state index < -0.39 is 0 Å². The van der Waals surface area contributed by atoms with Gasteiger partial charge in [0.05, 0.1) is 23.0 Å². The highest BCUT2D eigenvalue weighted by Crippen LogP contribution is 2.40. The number of nitriles is 1. The van der Waals surface area contributed by atoms with Crippen molar-refractivity contribution >= 4 is 6.08 Å². The summed E-state index contributed by atoms with van der Waals surface area (Å²) in [6, 6.07) is 13.8. The molecule has 0 amide bonds. The first kappa shape index (κ1) is 17.2. The van der Waals surface area contributed by atoms with Gasteiger partial charge in [-0.3, -0.25) is 4.98 Å². The van der Waals surface area contributed by atoms with Crippen LogP contribution in [0.15, 0.2) is 59.5 Å². The van der Waals surface area contributed by atoms with Crippen molar-refractivity contribution in [2.45, 2.75) is 26.2 Å². The van der Waals surface area contributed by atoms with Gasteiger partial charge in [-0.2, -0.15) is 5.26 Å². The first-order valence-electron chi connectivity index (χ1n) is 9.23. The molecule has 0 spiro atoms. The van der Waals surface area contributed by atoms with Crippen molar-refractivity contribution in [3.63, 3.8) is 0 Å². The molecule has 0 saturated carbocycles. The summed E-state index contributed by atoms with van der Waals surface area (Å²) in [4.78, 5) is 8.93. The quantitative estimate of drug-likeness (QED) is 0.645. The molecule has 0 saturated heterocycles. The van der Waals surface area contributed by atoms with E-state index in [9.17, 15) is 5.26 Å². The van der Waals surface area contributed by atoms with Gasteiger partial charge in [0.2, 0.25) is 0 Å². The Morgan fingerprint density at radius 3 is 2.78 bits per heavy atom. The smallest absolute Gasteiger partial charge is 0.181 e. The fourth-order valence-electron chi connectivity index (χ4n) is 3.75. The van der Waals surface area contributed by atoms with E-state index in [2.05, 4.69) is 36.0 Å². The average Bonchev–Trinajstić information content (AvgIpc) is 3.16. The number of oxazole rings is 1. The number of hydrogen-bond donors (Lipinski definition) is 0. The van der Waals surface area contributed by atoms with Crippen LogP contribution in [-0.2, 0) is 6.42 Å². The van der Waals surface area contributed by atoms with Crippen molar-refractivity contribution in [2.75, 3.05) is 0 Å². The molecule has 0 fully saturated rings. The second-order valence-electron chi connectivity index (χ2n) is 7.22. The van der Waals surface area contributed by atoms with Crippen molar-refractivity contribution in [1.82, 2.24) is 9.97 Å². The number of aromatic nitrogens is 2. The number of fused-ring (bicyclic) bond motifs is 1. The third-order valence-corrected chi connectivity index (χ3v) is 5.57. The predicted octanol–water partition coefficient (Wildman–Crippen LogP) is 5.23. The minimum atomic E-state index is 0.215. The topological polar surface area (TPSA) is 62.7 Å². The van der Waals surface area contributed by atoms with Gasteiger partial charge in [-0.25, -0.2) is 4.98 Å². The molecule has 4 nitrogen and oxygen atoms in total. The van der Waals surface area contributed by atoms with E-state index in [1.165, 1.54) is 0 Å². The van der Waals surface area contributed by atoms with Crippen molar-refractivity contribution < 1.29 is 4.42 Å². The summed E-state index contributed by atoms with van der Waals surface area (Å²) < 4.78 is 5.66. The van der Waals surface area contributed by atoms with Crippen LogP contribution in [0.2, 0.25) is 0 Å². The molecule has 4 rings (SSSR count). The number of rotatable bonds is 3. The van der Waals surface area contributed by atoms with Crippen LogP contribution in [0.4, 0.5) is 0 Å². The fourth-order valence-corrected chi connectivity index (χ4v) is 3.75. The van der Waals surface area contributed by atoms with Crippen LogP contribution in [-0.4, -0.2) is 9.97 Å². The fraction of sp³-hybridized carbons (Fsp3) is 0.261. The Hall–Kier alpha value is -3.19. The van der Waals surface area contributed by atoms with Gasteiger partial charge in [0.1, 0.15) is 5.76 Å². The molecular weight excluding hydrogens is 334 g/mol. The SMILES string of the molecule is C[C@H]1[C@H](/C=C/c2ccc(-c3ccccc3C#N)cn2)c2ocnc2C[C@@H]1C. The number of benzene rings is 1. The van der Waals surface area contributed by atoms with Crippen LogP contribution in [0.1, 0.15) is 42.5 Å². The van der Waals surface area contributed by atoms with Crippen LogP contribution in [0.25, 0.3) is 17.2 Å². The molecular formula is C23H21N3O. The van der Waals surface area contributed by atoms with E-state index in [-0.39, 0.29) is 5.92 Å². The Morgan fingerprint density at radius 1 is 1.15 bits per heavy atom. The molecule has 0 bridgehead atoms. The summed E-state index contributed by atoms with van der Waals surface area (Å²) >= 11 is 0. The molecule has 1 aliphatic carbocycles. The maximum atomic E-state index is 9.28. The third kappa shape index (κ3) is 3.29. The standard InChI is InChI=1S/C23H21N3O/c1-15-11-22-23(27-14-26-22)20(16(15)2)10-9-19-8-7-18(13-25-19)21-6-4-3-5-17(21)12-24/h3-10,13-16,20H,11H2,1-2H3/b10-9+/t15-,16+,20-/m0/s1. The molecule has 2 heterocycles. The number of pyridine rings is 1. The van der Waals surface area contributed by atoms with E-state index in [4.69, 9.17) is 4.42 Å². The first-order chi connectivity index (χ1) is 13.2. The molecule has 4 heteroatoms. The lowest BCUT2D eigenvalue weighted by Crippen LogP contribution is -2.24. The van der Waals surface area contributed by atoms with Gasteiger partial charge in [-0.15, -0.1) is 0 Å². The summed E-state index contributed by atoms with van der Waals surface area (Å²) in [6.45, 7) is 4.53. The van der Waals surface area contributed by atoms with Crippen molar-refractivity contribution in [3.8, 4) is 17.2 Å². The predicted molar refractivity (Wildman–Crippen MR) is 105 cm³/mol. The lowest BCUT2D eigenvalue weighted by Gasteiger charge is -2.30. The summed E-state index contributed by atoms with van der Waals surface area (Å²) in [5, 5.41) is 9.28. The number of nitrogens with zero attached hydrogens (tertiary/aromatic N) is 3. The molecule has 3 atom stereocenters. The molecule has 0 N–H and O–H groups in total. The molecule has 134 valence electrons. The Balaban J connectivity index is 1.58. The van der Waals surface area contributed by atoms with Gasteiger partial charge in [-0.05, 0) is 36.5 Å². The second-order valence-corrected chi connectivity index (χ2v) is 7.22. The van der Waals surface area contributed by atoms with Crippen LogP contribution in [0.5, 0.6) is 0 Å². The summed E-state index contributed by atoms with van der Waals surface area (Å²) in [6.07, 6.45) is 8.57. The zero-order valence-corrected chi connectivity index (χ0v) is 15.5. The highest BCUT2D eigenvalue weighted by Gasteiger charge is 2.33. The summed E-state index contributed by atoms with van der Waals surface area (Å²) in [5.74, 6) is 2.25. The minimum Gasteiger partial charge on any atom is -0.448 e. The Labute approximate surface area is 159 Å². The lowest BCUT2D eigenvalue weighted by atomic mass is 9.74. The lowest BCUT2D eigenvalue weighted by molar-refractivity contribution is 0.295. The van der Waals surface area contributed by atoms with E-state index in [1.807, 2.05) is 48.7 Å². The largest absolute Gasteiger partial charge is 0.448 e. The highest BCUT2D eigenvalue weighted by atomic mass is 16.3. The van der Waals surface area contributed by atoms with Crippen LogP contribution in [0.3, 0.4) is 0 Å². The summed E-state index contributed by atoms with van der Waals surface area (Å²) in [7, 11) is 0. The van der Waals surface area contributed by atoms with Crippen molar-refractivity contribution in [2.24, 2.45) is 11.8 Å². The van der Waals surface area contributed by atoms with E-state index in [1.54, 1.807) is 6.39 Å². The van der Waals surface area contributed by atoms with E-state index >= 15 is 0 Å². The molecule has 0 aliphatic heterocycles. The van der Waals surface area contributed by atoms with Crippen molar-refractivity contribution in [1.29, 1.82) is 5.26 Å². The van der Waals surface area contributed by atoms with Gasteiger partial charge in [0.25, 0.3) is 0 Å². The normalized spacial score (nSPS) is 21.7. The molecule has 2 aromatic heterocycles. The molecule has 27 heavy (non-hydrogen) atoms. The highest BCUT2D eigenvalue weighted by molar-refractivity contribution is 5.70. The Kier molecular flexibility index (Phi) is 4.60. The van der Waals surface area contributed by atoms with Crippen LogP contribution >= 0.6 is 0 Å².